The van der Waals surface area contributed by atoms with E-state index in [1.807, 2.05) is 19.1 Å². The second kappa shape index (κ2) is 10.3. The van der Waals surface area contributed by atoms with Crippen molar-refractivity contribution < 1.29 is 4.79 Å². The number of nitrogens with one attached hydrogen (secondary N) is 2. The number of carbonyl (C=O) groups excluding carboxylic acids is 1. The van der Waals surface area contributed by atoms with Crippen LogP contribution in [0.4, 0.5) is 0 Å². The average Bonchev–Trinajstić information content (AvgIpc) is 2.89. The Morgan fingerprint density at radius 1 is 1.12 bits per heavy atom. The average molecular weight is 364 g/mol. The maximum Gasteiger partial charge on any atom is 0.253 e. The predicted octanol–water partition coefficient (Wildman–Crippen LogP) is 3.87. The van der Waals surface area contributed by atoms with Gasteiger partial charge >= 0.3 is 0 Å². The van der Waals surface area contributed by atoms with E-state index in [4.69, 9.17) is 0 Å². The number of halogens is 1. The Labute approximate surface area is 157 Å². The number of nitrogens with zero attached hydrogens (tertiary/aromatic N) is 1. The lowest BCUT2D eigenvalue weighted by Gasteiger charge is -2.19. The fourth-order valence-corrected chi connectivity index (χ4v) is 3.14. The molecular formula is C20H30ClN3O. The first kappa shape index (κ1) is 21.3. The summed E-state index contributed by atoms with van der Waals surface area (Å²) >= 11 is 0. The highest BCUT2D eigenvalue weighted by Gasteiger charge is 2.19. The largest absolute Gasteiger partial charge is 0.351 e. The Bertz CT molecular complexity index is 667. The van der Waals surface area contributed by atoms with Gasteiger partial charge in [-0.25, -0.2) is 0 Å². The quantitative estimate of drug-likeness (QED) is 0.699. The van der Waals surface area contributed by atoms with Crippen LogP contribution < -0.4 is 10.6 Å². The van der Waals surface area contributed by atoms with Gasteiger partial charge in [0.25, 0.3) is 5.91 Å². The number of hydrogen-bond acceptors (Lipinski definition) is 2. The smallest absolute Gasteiger partial charge is 0.253 e. The molecule has 0 radical (unpaired) electrons. The standard InChI is InChI=1S/C20H29N3O.ClH/c1-5-11-21-12-13-22-20(24)19-14-15(2)23(17(19)4)16(3)18-9-7-6-8-10-18;/h6-10,14,16,21H,5,11-13H2,1-4H3,(H,22,24);1H. The van der Waals surface area contributed by atoms with E-state index >= 15 is 0 Å². The molecule has 0 fully saturated rings. The third-order valence-corrected chi connectivity index (χ3v) is 4.41. The van der Waals surface area contributed by atoms with Crippen molar-refractivity contribution in [2.24, 2.45) is 0 Å². The first-order valence-electron chi connectivity index (χ1n) is 8.78. The molecule has 0 aliphatic carbocycles. The minimum Gasteiger partial charge on any atom is -0.351 e. The zero-order valence-corrected chi connectivity index (χ0v) is 16.5. The van der Waals surface area contributed by atoms with Crippen LogP contribution in [0.1, 0.15) is 53.6 Å². The molecule has 0 bridgehead atoms. The number of carbonyl (C=O) groups is 1. The molecule has 1 atom stereocenters. The monoisotopic (exact) mass is 363 g/mol. The summed E-state index contributed by atoms with van der Waals surface area (Å²) in [6, 6.07) is 12.6. The molecule has 4 nitrogen and oxygen atoms in total. The van der Waals surface area contributed by atoms with Gasteiger partial charge in [-0.2, -0.15) is 0 Å². The van der Waals surface area contributed by atoms with Crippen LogP contribution in [0.5, 0.6) is 0 Å². The molecule has 1 aromatic heterocycles. The topological polar surface area (TPSA) is 46.1 Å². The summed E-state index contributed by atoms with van der Waals surface area (Å²) in [5.74, 6) is 0.00732. The molecule has 0 aliphatic rings. The van der Waals surface area contributed by atoms with Gasteiger partial charge < -0.3 is 15.2 Å². The van der Waals surface area contributed by atoms with Crippen LogP contribution >= 0.6 is 12.4 Å². The molecule has 1 aromatic carbocycles. The number of hydrogen-bond donors (Lipinski definition) is 2. The predicted molar refractivity (Wildman–Crippen MR) is 107 cm³/mol. The van der Waals surface area contributed by atoms with E-state index in [0.717, 1.165) is 36.5 Å². The Morgan fingerprint density at radius 2 is 1.80 bits per heavy atom. The normalized spacial score (nSPS) is 11.7. The molecule has 5 heteroatoms. The Kier molecular flexibility index (Phi) is 8.73. The van der Waals surface area contributed by atoms with Gasteiger partial charge in [0.1, 0.15) is 0 Å². The molecular weight excluding hydrogens is 334 g/mol. The summed E-state index contributed by atoms with van der Waals surface area (Å²) in [7, 11) is 0. The molecule has 1 unspecified atom stereocenters. The zero-order chi connectivity index (χ0) is 17.5. The maximum absolute atomic E-state index is 12.5. The first-order valence-corrected chi connectivity index (χ1v) is 8.78. The second-order valence-corrected chi connectivity index (χ2v) is 6.25. The van der Waals surface area contributed by atoms with Crippen LogP contribution in [0, 0.1) is 13.8 Å². The van der Waals surface area contributed by atoms with Crippen LogP contribution in [-0.4, -0.2) is 30.1 Å². The summed E-state index contributed by atoms with van der Waals surface area (Å²) in [5, 5.41) is 6.30. The molecule has 2 rings (SSSR count). The number of rotatable bonds is 8. The first-order chi connectivity index (χ1) is 11.6. The number of benzene rings is 1. The van der Waals surface area contributed by atoms with Crippen molar-refractivity contribution in [1.29, 1.82) is 0 Å². The number of aromatic nitrogens is 1. The van der Waals surface area contributed by atoms with Gasteiger partial charge in [0.15, 0.2) is 0 Å². The molecule has 138 valence electrons. The Hall–Kier alpha value is -1.78. The summed E-state index contributed by atoms with van der Waals surface area (Å²) in [6.07, 6.45) is 1.10. The van der Waals surface area contributed by atoms with Crippen molar-refractivity contribution in [2.75, 3.05) is 19.6 Å². The third-order valence-electron chi connectivity index (χ3n) is 4.41. The molecule has 25 heavy (non-hydrogen) atoms. The number of aryl methyl sites for hydroxylation is 1. The lowest BCUT2D eigenvalue weighted by atomic mass is 10.1. The fraction of sp³-hybridized carbons (Fsp3) is 0.450. The van der Waals surface area contributed by atoms with Crippen LogP contribution in [0.25, 0.3) is 0 Å². The zero-order valence-electron chi connectivity index (χ0n) is 15.6. The van der Waals surface area contributed by atoms with Gasteiger partial charge in [0, 0.05) is 24.5 Å². The summed E-state index contributed by atoms with van der Waals surface area (Å²) in [4.78, 5) is 12.5. The van der Waals surface area contributed by atoms with Crippen molar-refractivity contribution in [3.05, 3.63) is 58.9 Å². The van der Waals surface area contributed by atoms with E-state index in [1.54, 1.807) is 0 Å². The molecule has 0 spiro atoms. The Balaban J connectivity index is 0.00000312. The lowest BCUT2D eigenvalue weighted by molar-refractivity contribution is 0.0953. The van der Waals surface area contributed by atoms with Crippen LogP contribution in [0.15, 0.2) is 36.4 Å². The molecule has 0 aliphatic heterocycles. The van der Waals surface area contributed by atoms with Crippen molar-refractivity contribution in [3.63, 3.8) is 0 Å². The van der Waals surface area contributed by atoms with Crippen molar-refractivity contribution in [2.45, 2.75) is 40.2 Å². The lowest BCUT2D eigenvalue weighted by Crippen LogP contribution is -2.32. The van der Waals surface area contributed by atoms with Crippen molar-refractivity contribution >= 4 is 18.3 Å². The summed E-state index contributed by atoms with van der Waals surface area (Å²) in [6.45, 7) is 10.8. The van der Waals surface area contributed by atoms with Crippen LogP contribution in [-0.2, 0) is 0 Å². The van der Waals surface area contributed by atoms with Gasteiger partial charge in [-0.05, 0) is 45.4 Å². The van der Waals surface area contributed by atoms with E-state index in [2.05, 4.69) is 60.2 Å². The highest BCUT2D eigenvalue weighted by atomic mass is 35.5. The van der Waals surface area contributed by atoms with E-state index in [0.29, 0.717) is 6.54 Å². The van der Waals surface area contributed by atoms with Gasteiger partial charge in [0.05, 0.1) is 11.6 Å². The highest BCUT2D eigenvalue weighted by Crippen LogP contribution is 2.25. The van der Waals surface area contributed by atoms with Gasteiger partial charge in [-0.1, -0.05) is 37.3 Å². The maximum atomic E-state index is 12.5. The third kappa shape index (κ3) is 5.35. The Morgan fingerprint density at radius 3 is 2.44 bits per heavy atom. The van der Waals surface area contributed by atoms with E-state index < -0.39 is 0 Å². The SMILES string of the molecule is CCCNCCNC(=O)c1cc(C)n(C(C)c2ccccc2)c1C.Cl. The van der Waals surface area contributed by atoms with E-state index in [1.165, 1.54) is 5.56 Å². The molecule has 0 saturated heterocycles. The molecule has 2 aromatic rings. The van der Waals surface area contributed by atoms with Crippen molar-refractivity contribution in [1.82, 2.24) is 15.2 Å². The number of amides is 1. The van der Waals surface area contributed by atoms with Gasteiger partial charge in [0.2, 0.25) is 0 Å². The van der Waals surface area contributed by atoms with Crippen LogP contribution in [0.2, 0.25) is 0 Å². The summed E-state index contributed by atoms with van der Waals surface area (Å²) < 4.78 is 2.24. The van der Waals surface area contributed by atoms with E-state index in [9.17, 15) is 4.79 Å². The van der Waals surface area contributed by atoms with E-state index in [-0.39, 0.29) is 24.4 Å². The van der Waals surface area contributed by atoms with Crippen LogP contribution in [0.3, 0.4) is 0 Å². The fourth-order valence-electron chi connectivity index (χ4n) is 3.14. The summed E-state index contributed by atoms with van der Waals surface area (Å²) in [5.41, 5.74) is 4.14. The van der Waals surface area contributed by atoms with Gasteiger partial charge in [-0.15, -0.1) is 12.4 Å². The second-order valence-electron chi connectivity index (χ2n) is 6.25. The minimum atomic E-state index is 0. The molecule has 1 heterocycles. The molecule has 1 amide bonds. The molecule has 2 N–H and O–H groups in total. The molecule has 0 saturated carbocycles. The highest BCUT2D eigenvalue weighted by molar-refractivity contribution is 5.95. The van der Waals surface area contributed by atoms with Crippen molar-refractivity contribution in [3.8, 4) is 0 Å². The van der Waals surface area contributed by atoms with Gasteiger partial charge in [-0.3, -0.25) is 4.79 Å². The minimum absolute atomic E-state index is 0.